The number of hydrogen-bond donors (Lipinski definition) is 3. The highest BCUT2D eigenvalue weighted by atomic mass is 32.1. The van der Waals surface area contributed by atoms with E-state index in [4.69, 9.17) is 10.8 Å². The molecule has 0 atom stereocenters. The normalized spacial score (nSPS) is 10.4. The topological polar surface area (TPSA) is 88.2 Å². The first-order valence-electron chi connectivity index (χ1n) is 5.80. The zero-order valence-corrected chi connectivity index (χ0v) is 11.3. The third-order valence-corrected chi connectivity index (χ3v) is 3.63. The van der Waals surface area contributed by atoms with Crippen LogP contribution in [0.4, 0.5) is 5.13 Å². The second-order valence-corrected chi connectivity index (χ2v) is 5.16. The molecule has 0 fully saturated rings. The standard InChI is InChI=1S/C13H15N3O2S/c1-8-11(19-13(14)16-8)12(18)15-6-9-3-2-4-10(5-9)7-17/h2-5,17H,6-7H2,1H3,(H2,14,16)(H,15,18). The maximum absolute atomic E-state index is 12.0. The van der Waals surface area contributed by atoms with Gasteiger partial charge in [0.15, 0.2) is 5.13 Å². The number of nitrogens with zero attached hydrogens (tertiary/aromatic N) is 1. The number of aryl methyl sites for hydroxylation is 1. The second kappa shape index (κ2) is 5.81. The summed E-state index contributed by atoms with van der Waals surface area (Å²) in [5.41, 5.74) is 7.97. The van der Waals surface area contributed by atoms with Gasteiger partial charge in [-0.2, -0.15) is 0 Å². The number of nitrogen functional groups attached to an aromatic ring is 1. The molecular formula is C13H15N3O2S. The van der Waals surface area contributed by atoms with Gasteiger partial charge < -0.3 is 16.2 Å². The van der Waals surface area contributed by atoms with E-state index in [-0.39, 0.29) is 12.5 Å². The molecule has 0 aliphatic heterocycles. The largest absolute Gasteiger partial charge is 0.392 e. The van der Waals surface area contributed by atoms with Gasteiger partial charge in [-0.25, -0.2) is 4.98 Å². The van der Waals surface area contributed by atoms with Gasteiger partial charge in [0.25, 0.3) is 5.91 Å². The fraction of sp³-hybridized carbons (Fsp3) is 0.231. The van der Waals surface area contributed by atoms with E-state index in [9.17, 15) is 4.79 Å². The Bertz CT molecular complexity index is 595. The molecule has 2 aromatic rings. The Morgan fingerprint density at radius 2 is 2.21 bits per heavy atom. The molecule has 0 saturated heterocycles. The fourth-order valence-corrected chi connectivity index (χ4v) is 2.48. The van der Waals surface area contributed by atoms with Crippen LogP contribution in [0.5, 0.6) is 0 Å². The van der Waals surface area contributed by atoms with Gasteiger partial charge >= 0.3 is 0 Å². The van der Waals surface area contributed by atoms with Crippen molar-refractivity contribution in [1.82, 2.24) is 10.3 Å². The number of benzene rings is 1. The number of thiazole rings is 1. The minimum absolute atomic E-state index is 0.00767. The minimum Gasteiger partial charge on any atom is -0.392 e. The quantitative estimate of drug-likeness (QED) is 0.789. The van der Waals surface area contributed by atoms with Crippen LogP contribution in [0, 0.1) is 6.92 Å². The number of nitrogens with two attached hydrogens (primary N) is 1. The predicted octanol–water partition coefficient (Wildman–Crippen LogP) is 1.46. The minimum atomic E-state index is -0.180. The molecule has 0 aliphatic rings. The van der Waals surface area contributed by atoms with Crippen LogP contribution >= 0.6 is 11.3 Å². The van der Waals surface area contributed by atoms with Gasteiger partial charge in [0.2, 0.25) is 0 Å². The Morgan fingerprint density at radius 3 is 2.84 bits per heavy atom. The highest BCUT2D eigenvalue weighted by Crippen LogP contribution is 2.19. The highest BCUT2D eigenvalue weighted by Gasteiger charge is 2.13. The lowest BCUT2D eigenvalue weighted by Crippen LogP contribution is -2.22. The summed E-state index contributed by atoms with van der Waals surface area (Å²) in [4.78, 5) is 16.5. The average molecular weight is 277 g/mol. The van der Waals surface area contributed by atoms with Crippen LogP contribution in [0.1, 0.15) is 26.5 Å². The van der Waals surface area contributed by atoms with Crippen LogP contribution in [0.25, 0.3) is 0 Å². The number of aliphatic hydroxyl groups excluding tert-OH is 1. The third kappa shape index (κ3) is 3.30. The van der Waals surface area contributed by atoms with Crippen molar-refractivity contribution in [3.8, 4) is 0 Å². The predicted molar refractivity (Wildman–Crippen MR) is 74.8 cm³/mol. The maximum atomic E-state index is 12.0. The third-order valence-electron chi connectivity index (χ3n) is 2.65. The summed E-state index contributed by atoms with van der Waals surface area (Å²) in [7, 11) is 0. The van der Waals surface area contributed by atoms with Crippen LogP contribution in [0.3, 0.4) is 0 Å². The van der Waals surface area contributed by atoms with Gasteiger partial charge in [-0.1, -0.05) is 35.6 Å². The Balaban J connectivity index is 2.02. The van der Waals surface area contributed by atoms with Gasteiger partial charge in [-0.05, 0) is 18.1 Å². The van der Waals surface area contributed by atoms with Crippen LogP contribution in [0.15, 0.2) is 24.3 Å². The molecule has 0 bridgehead atoms. The Labute approximate surface area is 115 Å². The van der Waals surface area contributed by atoms with Crippen LogP contribution in [-0.4, -0.2) is 16.0 Å². The van der Waals surface area contributed by atoms with Gasteiger partial charge in [-0.15, -0.1) is 0 Å². The van der Waals surface area contributed by atoms with Crippen molar-refractivity contribution < 1.29 is 9.90 Å². The zero-order chi connectivity index (χ0) is 13.8. The molecule has 0 saturated carbocycles. The smallest absolute Gasteiger partial charge is 0.263 e. The Morgan fingerprint density at radius 1 is 1.47 bits per heavy atom. The molecule has 19 heavy (non-hydrogen) atoms. The Kier molecular flexibility index (Phi) is 4.13. The lowest BCUT2D eigenvalue weighted by molar-refractivity contribution is 0.0954. The lowest BCUT2D eigenvalue weighted by atomic mass is 10.1. The van der Waals surface area contributed by atoms with E-state index in [1.165, 1.54) is 11.3 Å². The number of rotatable bonds is 4. The van der Waals surface area contributed by atoms with E-state index >= 15 is 0 Å². The van der Waals surface area contributed by atoms with Crippen molar-refractivity contribution in [3.63, 3.8) is 0 Å². The molecule has 0 unspecified atom stereocenters. The zero-order valence-electron chi connectivity index (χ0n) is 10.5. The van der Waals surface area contributed by atoms with Crippen LogP contribution in [-0.2, 0) is 13.2 Å². The number of carbonyl (C=O) groups excluding carboxylic acids is 1. The van der Waals surface area contributed by atoms with E-state index in [1.807, 2.05) is 24.3 Å². The van der Waals surface area contributed by atoms with Gasteiger partial charge in [0.05, 0.1) is 12.3 Å². The molecule has 4 N–H and O–H groups in total. The van der Waals surface area contributed by atoms with Gasteiger partial charge in [0.1, 0.15) is 4.88 Å². The summed E-state index contributed by atoms with van der Waals surface area (Å²) < 4.78 is 0. The first kappa shape index (κ1) is 13.5. The summed E-state index contributed by atoms with van der Waals surface area (Å²) in [5, 5.41) is 12.3. The molecule has 0 radical (unpaired) electrons. The van der Waals surface area contributed by atoms with Crippen molar-refractivity contribution in [2.75, 3.05) is 5.73 Å². The molecular weight excluding hydrogens is 262 g/mol. The number of carbonyl (C=O) groups is 1. The number of aromatic nitrogens is 1. The monoisotopic (exact) mass is 277 g/mol. The van der Waals surface area contributed by atoms with Crippen molar-refractivity contribution in [2.45, 2.75) is 20.1 Å². The molecule has 5 nitrogen and oxygen atoms in total. The SMILES string of the molecule is Cc1nc(N)sc1C(=O)NCc1cccc(CO)c1. The molecule has 1 aromatic carbocycles. The highest BCUT2D eigenvalue weighted by molar-refractivity contribution is 7.17. The van der Waals surface area contributed by atoms with E-state index in [1.54, 1.807) is 6.92 Å². The summed E-state index contributed by atoms with van der Waals surface area (Å²) in [5.74, 6) is -0.180. The van der Waals surface area contributed by atoms with E-state index in [2.05, 4.69) is 10.3 Å². The van der Waals surface area contributed by atoms with Crippen molar-refractivity contribution in [1.29, 1.82) is 0 Å². The van der Waals surface area contributed by atoms with E-state index in [0.29, 0.717) is 22.2 Å². The van der Waals surface area contributed by atoms with E-state index in [0.717, 1.165) is 11.1 Å². The van der Waals surface area contributed by atoms with Crippen molar-refractivity contribution in [2.24, 2.45) is 0 Å². The maximum Gasteiger partial charge on any atom is 0.263 e. The molecule has 0 aliphatic carbocycles. The first-order chi connectivity index (χ1) is 9.10. The lowest BCUT2D eigenvalue weighted by Gasteiger charge is -2.05. The number of amides is 1. The second-order valence-electron chi connectivity index (χ2n) is 4.13. The number of anilines is 1. The van der Waals surface area contributed by atoms with Crippen molar-refractivity contribution in [3.05, 3.63) is 46.0 Å². The molecule has 0 spiro atoms. The first-order valence-corrected chi connectivity index (χ1v) is 6.61. The molecule has 1 aromatic heterocycles. The van der Waals surface area contributed by atoms with Crippen molar-refractivity contribution >= 4 is 22.4 Å². The molecule has 6 heteroatoms. The molecule has 100 valence electrons. The summed E-state index contributed by atoms with van der Waals surface area (Å²) in [6, 6.07) is 7.43. The molecule has 2 rings (SSSR count). The molecule has 1 heterocycles. The summed E-state index contributed by atoms with van der Waals surface area (Å²) in [6.45, 7) is 2.16. The summed E-state index contributed by atoms with van der Waals surface area (Å²) >= 11 is 1.18. The van der Waals surface area contributed by atoms with Gasteiger partial charge in [-0.3, -0.25) is 4.79 Å². The fourth-order valence-electron chi connectivity index (χ4n) is 1.73. The average Bonchev–Trinajstić information content (AvgIpc) is 2.75. The molecule has 1 amide bonds. The van der Waals surface area contributed by atoms with Crippen LogP contribution < -0.4 is 11.1 Å². The Hall–Kier alpha value is -1.92. The number of aliphatic hydroxyl groups is 1. The number of hydrogen-bond acceptors (Lipinski definition) is 5. The van der Waals surface area contributed by atoms with Gasteiger partial charge in [0, 0.05) is 6.54 Å². The van der Waals surface area contributed by atoms with Crippen LogP contribution in [0.2, 0.25) is 0 Å². The van der Waals surface area contributed by atoms with E-state index < -0.39 is 0 Å². The number of nitrogens with one attached hydrogen (secondary N) is 1. The summed E-state index contributed by atoms with van der Waals surface area (Å²) in [6.07, 6.45) is 0.